The van der Waals surface area contributed by atoms with Crippen LogP contribution < -0.4 is 5.56 Å². The number of pyridine rings is 1. The largest absolute Gasteiger partial charge is 0.455 e. The maximum absolute atomic E-state index is 12.2. The Kier molecular flexibility index (Phi) is 4.49. The molecular formula is C18H18N2O3S. The molecule has 0 aromatic carbocycles. The molecule has 0 aliphatic heterocycles. The summed E-state index contributed by atoms with van der Waals surface area (Å²) in [6.07, 6.45) is 2.57. The van der Waals surface area contributed by atoms with Gasteiger partial charge in [-0.25, -0.2) is 9.78 Å². The molecule has 0 aliphatic rings. The first kappa shape index (κ1) is 16.4. The fourth-order valence-electron chi connectivity index (χ4n) is 2.56. The molecule has 3 aromatic rings. The summed E-state index contributed by atoms with van der Waals surface area (Å²) in [5.41, 5.74) is 2.84. The molecule has 0 amide bonds. The van der Waals surface area contributed by atoms with E-state index in [0.29, 0.717) is 16.2 Å². The number of hydrogen-bond donors (Lipinski definition) is 0. The van der Waals surface area contributed by atoms with E-state index in [0.717, 1.165) is 17.5 Å². The van der Waals surface area contributed by atoms with E-state index in [-0.39, 0.29) is 18.1 Å². The molecule has 3 aromatic heterocycles. The molecule has 0 radical (unpaired) electrons. The van der Waals surface area contributed by atoms with Crippen LogP contribution in [-0.2, 0) is 17.8 Å². The van der Waals surface area contributed by atoms with Crippen molar-refractivity contribution in [1.82, 2.24) is 9.38 Å². The average Bonchev–Trinajstić information content (AvgIpc) is 2.95. The van der Waals surface area contributed by atoms with Crippen LogP contribution >= 0.6 is 11.3 Å². The second-order valence-corrected chi connectivity index (χ2v) is 6.75. The van der Waals surface area contributed by atoms with Crippen molar-refractivity contribution in [2.75, 3.05) is 0 Å². The van der Waals surface area contributed by atoms with Crippen molar-refractivity contribution in [2.45, 2.75) is 33.8 Å². The van der Waals surface area contributed by atoms with E-state index in [1.807, 2.05) is 26.0 Å². The lowest BCUT2D eigenvalue weighted by Crippen LogP contribution is -2.17. The zero-order valence-electron chi connectivity index (χ0n) is 13.8. The van der Waals surface area contributed by atoms with Crippen LogP contribution in [-0.4, -0.2) is 15.4 Å². The number of ether oxygens (including phenoxy) is 1. The third-order valence-electron chi connectivity index (χ3n) is 3.83. The van der Waals surface area contributed by atoms with Gasteiger partial charge in [-0.05, 0) is 43.5 Å². The highest BCUT2D eigenvalue weighted by molar-refractivity contribution is 7.14. The topological polar surface area (TPSA) is 60.7 Å². The maximum Gasteiger partial charge on any atom is 0.348 e. The highest BCUT2D eigenvalue weighted by Gasteiger charge is 2.14. The van der Waals surface area contributed by atoms with Crippen molar-refractivity contribution in [3.8, 4) is 0 Å². The molecule has 24 heavy (non-hydrogen) atoms. The van der Waals surface area contributed by atoms with Crippen molar-refractivity contribution >= 4 is 23.0 Å². The second kappa shape index (κ2) is 6.57. The molecule has 6 heteroatoms. The Hall–Kier alpha value is -2.47. The molecule has 0 saturated heterocycles. The average molecular weight is 342 g/mol. The maximum atomic E-state index is 12.2. The van der Waals surface area contributed by atoms with Gasteiger partial charge in [0.05, 0.1) is 5.69 Å². The minimum atomic E-state index is -0.380. The molecule has 3 heterocycles. The van der Waals surface area contributed by atoms with Gasteiger partial charge in [-0.3, -0.25) is 9.20 Å². The highest BCUT2D eigenvalue weighted by atomic mass is 32.1. The van der Waals surface area contributed by atoms with Crippen LogP contribution in [0.3, 0.4) is 0 Å². The fourth-order valence-corrected chi connectivity index (χ4v) is 3.57. The highest BCUT2D eigenvalue weighted by Crippen LogP contribution is 2.23. The molecule has 5 nitrogen and oxygen atoms in total. The summed E-state index contributed by atoms with van der Waals surface area (Å²) in [5.74, 6) is -0.380. The number of thiophene rings is 1. The lowest BCUT2D eigenvalue weighted by atomic mass is 10.2. The van der Waals surface area contributed by atoms with Gasteiger partial charge < -0.3 is 4.74 Å². The smallest absolute Gasteiger partial charge is 0.348 e. The number of carbonyl (C=O) groups is 1. The van der Waals surface area contributed by atoms with Gasteiger partial charge in [0.1, 0.15) is 17.1 Å². The van der Waals surface area contributed by atoms with E-state index in [1.165, 1.54) is 26.7 Å². The molecule has 3 rings (SSSR count). The Balaban J connectivity index is 1.81. The monoisotopic (exact) mass is 342 g/mol. The molecule has 124 valence electrons. The van der Waals surface area contributed by atoms with Gasteiger partial charge in [0.15, 0.2) is 0 Å². The van der Waals surface area contributed by atoms with Gasteiger partial charge in [0.25, 0.3) is 5.56 Å². The van der Waals surface area contributed by atoms with Crippen LogP contribution in [0.15, 0.2) is 35.3 Å². The SMILES string of the molecule is CCc1sc(C(=O)OCc2cc(=O)n3cccc(C)c3n2)cc1C. The molecule has 0 aliphatic carbocycles. The first-order chi connectivity index (χ1) is 11.5. The molecule has 0 unspecified atom stereocenters. The van der Waals surface area contributed by atoms with E-state index in [1.54, 1.807) is 12.3 Å². The first-order valence-corrected chi connectivity index (χ1v) is 8.55. The lowest BCUT2D eigenvalue weighted by molar-refractivity contribution is 0.0473. The summed E-state index contributed by atoms with van der Waals surface area (Å²) in [7, 11) is 0. The van der Waals surface area contributed by atoms with Crippen molar-refractivity contribution in [1.29, 1.82) is 0 Å². The Morgan fingerprint density at radius 3 is 2.79 bits per heavy atom. The third-order valence-corrected chi connectivity index (χ3v) is 5.19. The number of carbonyl (C=O) groups excluding carboxylic acids is 1. The number of hydrogen-bond acceptors (Lipinski definition) is 5. The third kappa shape index (κ3) is 3.10. The standard InChI is InChI=1S/C18H18N2O3S/c1-4-14-12(3)8-15(24-14)18(22)23-10-13-9-16(21)20-7-5-6-11(2)17(20)19-13/h5-9H,4,10H2,1-3H3. The number of aromatic nitrogens is 2. The van der Waals surface area contributed by atoms with Crippen molar-refractivity contribution in [3.63, 3.8) is 0 Å². The fraction of sp³-hybridized carbons (Fsp3) is 0.278. The lowest BCUT2D eigenvalue weighted by Gasteiger charge is -2.06. The molecule has 0 N–H and O–H groups in total. The van der Waals surface area contributed by atoms with E-state index < -0.39 is 0 Å². The van der Waals surface area contributed by atoms with Gasteiger partial charge in [0.2, 0.25) is 0 Å². The number of esters is 1. The minimum absolute atomic E-state index is 0.0166. The summed E-state index contributed by atoms with van der Waals surface area (Å²) < 4.78 is 6.81. The number of aryl methyl sites for hydroxylation is 3. The van der Waals surface area contributed by atoms with Crippen molar-refractivity contribution in [2.24, 2.45) is 0 Å². The van der Waals surface area contributed by atoms with Gasteiger partial charge in [-0.1, -0.05) is 13.0 Å². The van der Waals surface area contributed by atoms with Crippen LogP contribution in [0.1, 0.15) is 38.3 Å². The van der Waals surface area contributed by atoms with Crippen LogP contribution in [0.4, 0.5) is 0 Å². The van der Waals surface area contributed by atoms with E-state index in [2.05, 4.69) is 11.9 Å². The molecule has 0 atom stereocenters. The molecule has 0 bridgehead atoms. The molecular weight excluding hydrogens is 324 g/mol. The van der Waals surface area contributed by atoms with E-state index in [4.69, 9.17) is 4.74 Å². The Bertz CT molecular complexity index is 972. The Morgan fingerprint density at radius 2 is 2.08 bits per heavy atom. The van der Waals surface area contributed by atoms with Crippen LogP contribution in [0, 0.1) is 13.8 Å². The van der Waals surface area contributed by atoms with E-state index in [9.17, 15) is 9.59 Å². The second-order valence-electron chi connectivity index (χ2n) is 5.62. The predicted molar refractivity (Wildman–Crippen MR) is 93.8 cm³/mol. The van der Waals surface area contributed by atoms with Gasteiger partial charge in [0, 0.05) is 17.1 Å². The van der Waals surface area contributed by atoms with Crippen molar-refractivity contribution in [3.05, 3.63) is 67.4 Å². The number of fused-ring (bicyclic) bond motifs is 1. The predicted octanol–water partition coefficient (Wildman–Crippen LogP) is 3.29. The van der Waals surface area contributed by atoms with Gasteiger partial charge in [-0.15, -0.1) is 11.3 Å². The van der Waals surface area contributed by atoms with Gasteiger partial charge >= 0.3 is 5.97 Å². The van der Waals surface area contributed by atoms with E-state index >= 15 is 0 Å². The zero-order chi connectivity index (χ0) is 17.3. The summed E-state index contributed by atoms with van der Waals surface area (Å²) >= 11 is 1.45. The number of nitrogens with zero attached hydrogens (tertiary/aromatic N) is 2. The first-order valence-electron chi connectivity index (χ1n) is 7.74. The molecule has 0 saturated carbocycles. The summed E-state index contributed by atoms with van der Waals surface area (Å²) in [4.78, 5) is 30.5. The van der Waals surface area contributed by atoms with Crippen molar-refractivity contribution < 1.29 is 9.53 Å². The quantitative estimate of drug-likeness (QED) is 0.683. The molecule has 0 fully saturated rings. The number of rotatable bonds is 4. The molecule has 0 spiro atoms. The normalized spacial score (nSPS) is 11.0. The van der Waals surface area contributed by atoms with Crippen LogP contribution in [0.2, 0.25) is 0 Å². The van der Waals surface area contributed by atoms with Crippen LogP contribution in [0.25, 0.3) is 5.65 Å². The van der Waals surface area contributed by atoms with Crippen LogP contribution in [0.5, 0.6) is 0 Å². The summed E-state index contributed by atoms with van der Waals surface area (Å²) in [6, 6.07) is 6.93. The summed E-state index contributed by atoms with van der Waals surface area (Å²) in [6.45, 7) is 5.92. The van der Waals surface area contributed by atoms with Gasteiger partial charge in [-0.2, -0.15) is 0 Å². The Labute approximate surface area is 143 Å². The zero-order valence-corrected chi connectivity index (χ0v) is 14.6. The Morgan fingerprint density at radius 1 is 1.29 bits per heavy atom. The summed E-state index contributed by atoms with van der Waals surface area (Å²) in [5, 5.41) is 0. The minimum Gasteiger partial charge on any atom is -0.455 e.